The molecule has 1 rings (SSSR count). The summed E-state index contributed by atoms with van der Waals surface area (Å²) in [5.74, 6) is 0.754. The smallest absolute Gasteiger partial charge is 0.183 e. The Morgan fingerprint density at radius 3 is 2.68 bits per heavy atom. The second kappa shape index (κ2) is 6.74. The Bertz CT molecular complexity index is 399. The van der Waals surface area contributed by atoms with Crippen LogP contribution in [-0.2, 0) is 4.79 Å². The number of hydrogen-bond acceptors (Lipinski definition) is 2. The highest BCUT2D eigenvalue weighted by Crippen LogP contribution is 2.35. The summed E-state index contributed by atoms with van der Waals surface area (Å²) in [4.78, 5) is 14.6. The molecule has 2 heteroatoms. The van der Waals surface area contributed by atoms with Gasteiger partial charge in [0.2, 0.25) is 0 Å². The summed E-state index contributed by atoms with van der Waals surface area (Å²) in [6.07, 6.45) is 10.4. The Morgan fingerprint density at radius 1 is 1.42 bits per heavy atom. The summed E-state index contributed by atoms with van der Waals surface area (Å²) < 4.78 is 0. The van der Waals surface area contributed by atoms with Gasteiger partial charge in [-0.25, -0.2) is 0 Å². The molecule has 0 atom stereocenters. The van der Waals surface area contributed by atoms with Crippen LogP contribution in [0.5, 0.6) is 0 Å². The number of carbonyl (C=O) groups excluding carboxylic acids is 1. The quantitative estimate of drug-likeness (QED) is 0.551. The Kier molecular flexibility index (Phi) is 5.59. The van der Waals surface area contributed by atoms with Crippen molar-refractivity contribution in [1.82, 2.24) is 4.90 Å². The molecule has 2 nitrogen and oxygen atoms in total. The third kappa shape index (κ3) is 4.70. The van der Waals surface area contributed by atoms with Crippen molar-refractivity contribution in [3.05, 3.63) is 36.1 Å². The Hall–Kier alpha value is -1.31. The summed E-state index contributed by atoms with van der Waals surface area (Å²) >= 11 is 0. The lowest BCUT2D eigenvalue weighted by Gasteiger charge is -2.37. The maximum Gasteiger partial charge on any atom is 0.183 e. The molecule has 0 aromatic rings. The number of carbonyl (C=O) groups is 1. The zero-order chi connectivity index (χ0) is 14.5. The van der Waals surface area contributed by atoms with E-state index in [4.69, 9.17) is 0 Å². The second-order valence-electron chi connectivity index (χ2n) is 6.31. The third-order valence-corrected chi connectivity index (χ3v) is 3.48. The summed E-state index contributed by atoms with van der Waals surface area (Å²) in [5, 5.41) is 0. The lowest BCUT2D eigenvalue weighted by molar-refractivity contribution is -0.112. The number of nitrogens with zero attached hydrogens (tertiary/aromatic N) is 1. The van der Waals surface area contributed by atoms with Crippen molar-refractivity contribution in [2.24, 2.45) is 11.3 Å². The van der Waals surface area contributed by atoms with Crippen LogP contribution in [-0.4, -0.2) is 23.8 Å². The van der Waals surface area contributed by atoms with Gasteiger partial charge in [0.25, 0.3) is 0 Å². The van der Waals surface area contributed by atoms with E-state index in [9.17, 15) is 4.79 Å². The standard InChI is InChI=1S/C17H27NO/c1-6-7-8-9-16(19)15-13-18(12-14(2)3)11-10-17(15,4)5/h6-9,13-14H,10-12H2,1-5H3/b7-6?,9-8+. The van der Waals surface area contributed by atoms with Gasteiger partial charge >= 0.3 is 0 Å². The van der Waals surface area contributed by atoms with Crippen LogP contribution in [0.1, 0.15) is 41.0 Å². The van der Waals surface area contributed by atoms with Gasteiger partial charge in [-0.05, 0) is 30.8 Å². The highest BCUT2D eigenvalue weighted by Gasteiger charge is 2.31. The first kappa shape index (κ1) is 15.7. The molecule has 0 bridgehead atoms. The largest absolute Gasteiger partial charge is 0.377 e. The minimum atomic E-state index is -0.0230. The fourth-order valence-electron chi connectivity index (χ4n) is 2.33. The summed E-state index contributed by atoms with van der Waals surface area (Å²) in [6.45, 7) is 12.7. The highest BCUT2D eigenvalue weighted by atomic mass is 16.1. The van der Waals surface area contributed by atoms with Gasteiger partial charge in [-0.2, -0.15) is 0 Å². The molecule has 0 aromatic heterocycles. The topological polar surface area (TPSA) is 20.3 Å². The third-order valence-electron chi connectivity index (χ3n) is 3.48. The van der Waals surface area contributed by atoms with Gasteiger partial charge in [0.05, 0.1) is 0 Å². The van der Waals surface area contributed by atoms with Gasteiger partial charge in [0.1, 0.15) is 0 Å². The van der Waals surface area contributed by atoms with Crippen molar-refractivity contribution in [2.75, 3.05) is 13.1 Å². The first-order valence-electron chi connectivity index (χ1n) is 7.17. The molecule has 0 saturated carbocycles. The molecule has 19 heavy (non-hydrogen) atoms. The average molecular weight is 261 g/mol. The van der Waals surface area contributed by atoms with E-state index in [1.54, 1.807) is 6.08 Å². The van der Waals surface area contributed by atoms with Crippen LogP contribution < -0.4 is 0 Å². The van der Waals surface area contributed by atoms with E-state index in [2.05, 4.69) is 38.8 Å². The summed E-state index contributed by atoms with van der Waals surface area (Å²) in [5.41, 5.74) is 0.908. The van der Waals surface area contributed by atoms with Crippen molar-refractivity contribution in [1.29, 1.82) is 0 Å². The van der Waals surface area contributed by atoms with Gasteiger partial charge in [-0.1, -0.05) is 45.9 Å². The van der Waals surface area contributed by atoms with E-state index in [0.29, 0.717) is 5.92 Å². The molecule has 0 aromatic carbocycles. The molecule has 0 amide bonds. The van der Waals surface area contributed by atoms with E-state index in [-0.39, 0.29) is 11.2 Å². The van der Waals surface area contributed by atoms with Crippen LogP contribution in [0.15, 0.2) is 36.1 Å². The lowest BCUT2D eigenvalue weighted by Crippen LogP contribution is -2.36. The molecule has 1 aliphatic heterocycles. The number of hydrogen-bond donors (Lipinski definition) is 0. The maximum atomic E-state index is 12.3. The predicted octanol–water partition coefficient (Wildman–Crippen LogP) is 3.96. The second-order valence-corrected chi connectivity index (χ2v) is 6.31. The first-order chi connectivity index (χ1) is 8.86. The van der Waals surface area contributed by atoms with E-state index in [1.165, 1.54) is 0 Å². The molecular formula is C17H27NO. The Balaban J connectivity index is 2.90. The van der Waals surface area contributed by atoms with Crippen LogP contribution in [0.2, 0.25) is 0 Å². The fourth-order valence-corrected chi connectivity index (χ4v) is 2.33. The van der Waals surface area contributed by atoms with E-state index >= 15 is 0 Å². The number of ketones is 1. The SMILES string of the molecule is CC=C/C=C/C(=O)C1=CN(CC(C)C)CCC1(C)C. The molecule has 0 aliphatic carbocycles. The molecule has 1 heterocycles. The molecule has 0 fully saturated rings. The molecule has 1 aliphatic rings. The van der Waals surface area contributed by atoms with Gasteiger partial charge < -0.3 is 4.90 Å². The van der Waals surface area contributed by atoms with Crippen LogP contribution in [0.3, 0.4) is 0 Å². The first-order valence-corrected chi connectivity index (χ1v) is 7.17. The predicted molar refractivity (Wildman–Crippen MR) is 81.9 cm³/mol. The van der Waals surface area contributed by atoms with Crippen LogP contribution in [0, 0.1) is 11.3 Å². The minimum absolute atomic E-state index is 0.0230. The molecule has 106 valence electrons. The average Bonchev–Trinajstić information content (AvgIpc) is 2.31. The molecule has 0 radical (unpaired) electrons. The van der Waals surface area contributed by atoms with Crippen LogP contribution >= 0.6 is 0 Å². The van der Waals surface area contributed by atoms with Crippen LogP contribution in [0.4, 0.5) is 0 Å². The monoisotopic (exact) mass is 261 g/mol. The highest BCUT2D eigenvalue weighted by molar-refractivity contribution is 6.05. The number of rotatable bonds is 5. The van der Waals surface area contributed by atoms with Gasteiger partial charge in [0.15, 0.2) is 5.78 Å². The summed E-state index contributed by atoms with van der Waals surface area (Å²) in [6, 6.07) is 0. The van der Waals surface area contributed by atoms with E-state index < -0.39 is 0 Å². The lowest BCUT2D eigenvalue weighted by atomic mass is 9.77. The van der Waals surface area contributed by atoms with Crippen molar-refractivity contribution in [2.45, 2.75) is 41.0 Å². The zero-order valence-corrected chi connectivity index (χ0v) is 12.9. The van der Waals surface area contributed by atoms with Gasteiger partial charge in [-0.15, -0.1) is 0 Å². The van der Waals surface area contributed by atoms with Gasteiger partial charge in [0, 0.05) is 24.9 Å². The molecular weight excluding hydrogens is 234 g/mol. The summed E-state index contributed by atoms with van der Waals surface area (Å²) in [7, 11) is 0. The van der Waals surface area contributed by atoms with Gasteiger partial charge in [-0.3, -0.25) is 4.79 Å². The maximum absolute atomic E-state index is 12.3. The van der Waals surface area contributed by atoms with E-state index in [0.717, 1.165) is 25.1 Å². The molecule has 0 spiro atoms. The molecule has 0 unspecified atom stereocenters. The fraction of sp³-hybridized carbons (Fsp3) is 0.588. The van der Waals surface area contributed by atoms with Crippen molar-refractivity contribution in [3.8, 4) is 0 Å². The van der Waals surface area contributed by atoms with Crippen LogP contribution in [0.25, 0.3) is 0 Å². The molecule has 0 N–H and O–H groups in total. The number of allylic oxidation sites excluding steroid dienone is 5. The van der Waals surface area contributed by atoms with Crippen molar-refractivity contribution >= 4 is 5.78 Å². The van der Waals surface area contributed by atoms with Crippen molar-refractivity contribution < 1.29 is 4.79 Å². The Labute approximate surface area is 117 Å². The zero-order valence-electron chi connectivity index (χ0n) is 12.9. The minimum Gasteiger partial charge on any atom is -0.377 e. The molecule has 0 saturated heterocycles. The van der Waals surface area contributed by atoms with E-state index in [1.807, 2.05) is 25.2 Å². The normalized spacial score (nSPS) is 19.5. The van der Waals surface area contributed by atoms with Crippen molar-refractivity contribution in [3.63, 3.8) is 0 Å². The Morgan fingerprint density at radius 2 is 2.11 bits per heavy atom.